The summed E-state index contributed by atoms with van der Waals surface area (Å²) in [5.74, 6) is 0.466. The van der Waals surface area contributed by atoms with Gasteiger partial charge in [0.1, 0.15) is 0 Å². The molecular formula is C69H60N2. The zero-order valence-electron chi connectivity index (χ0n) is 40.7. The van der Waals surface area contributed by atoms with Crippen molar-refractivity contribution in [1.29, 1.82) is 0 Å². The third-order valence-corrected chi connectivity index (χ3v) is 14.5. The molecule has 2 unspecified atom stereocenters. The lowest BCUT2D eigenvalue weighted by molar-refractivity contribution is 0.738. The van der Waals surface area contributed by atoms with E-state index in [2.05, 4.69) is 260 Å². The maximum absolute atomic E-state index is 3.86. The summed E-state index contributed by atoms with van der Waals surface area (Å²) in [6.45, 7) is 6.15. The second kappa shape index (κ2) is 20.8. The Morgan fingerprint density at radius 2 is 1.38 bits per heavy atom. The molecule has 0 spiro atoms. The molecule has 0 fully saturated rings. The molecule has 7 aromatic carbocycles. The number of aromatic nitrogens is 1. The van der Waals surface area contributed by atoms with Crippen LogP contribution >= 0.6 is 0 Å². The van der Waals surface area contributed by atoms with Gasteiger partial charge >= 0.3 is 0 Å². The minimum atomic E-state index is 0.196. The van der Waals surface area contributed by atoms with Crippen LogP contribution in [0.4, 0.5) is 17.1 Å². The van der Waals surface area contributed by atoms with Crippen LogP contribution in [0.5, 0.6) is 0 Å². The number of fused-ring (bicyclic) bond motifs is 5. The highest BCUT2D eigenvalue weighted by atomic mass is 15.1. The first-order valence-electron chi connectivity index (χ1n) is 25.5. The van der Waals surface area contributed by atoms with Crippen molar-refractivity contribution < 1.29 is 0 Å². The third-order valence-electron chi connectivity index (χ3n) is 14.5. The minimum absolute atomic E-state index is 0.196. The van der Waals surface area contributed by atoms with Crippen molar-refractivity contribution in [3.05, 3.63) is 282 Å². The molecule has 1 aromatic heterocycles. The number of rotatable bonds is 11. The standard InChI is InChI=1S/C69H60N2/c1-3-4-22-52-23-14-15-25-57(52)48-51-34-36-53(37-35-51)54-38-43-60(44-39-54)70(61-45-40-56(41-46-61)63-30-13-8-6-5-7-10-21-50(63)2)62-29-20-26-58(49-62)64-31-18-19-33-67-68(64)66-47-42-55-24-16-17-32-65(55)69(66)71(67)59-27-11-9-12-28-59/h3-5,7-8,10-11,13-17,19-30,32-47,49-50,64H,1,6,9,12,18,31,48H2,2H3/b7-5-,13-8-,21-10-,22-4-,63-30+. The molecule has 0 bridgehead atoms. The van der Waals surface area contributed by atoms with Crippen LogP contribution in [0.3, 0.4) is 0 Å². The maximum atomic E-state index is 3.86. The first-order chi connectivity index (χ1) is 35.1. The normalized spacial score (nSPS) is 18.8. The fourth-order valence-electron chi connectivity index (χ4n) is 10.9. The molecule has 0 radical (unpaired) electrons. The van der Waals surface area contributed by atoms with Crippen molar-refractivity contribution >= 4 is 62.2 Å². The molecule has 0 saturated heterocycles. The molecule has 0 aliphatic heterocycles. The molecular weight excluding hydrogens is 857 g/mol. The number of anilines is 3. The lowest BCUT2D eigenvalue weighted by Gasteiger charge is -2.28. The van der Waals surface area contributed by atoms with Gasteiger partial charge in [-0.1, -0.05) is 214 Å². The Balaban J connectivity index is 0.983. The predicted octanol–water partition coefficient (Wildman–Crippen LogP) is 18.9. The molecule has 1 heterocycles. The molecule has 3 aliphatic carbocycles. The monoisotopic (exact) mass is 916 g/mol. The highest BCUT2D eigenvalue weighted by Gasteiger charge is 2.28. The zero-order valence-corrected chi connectivity index (χ0v) is 40.7. The Bertz CT molecular complexity index is 3490. The lowest BCUT2D eigenvalue weighted by atomic mass is 9.86. The number of nitrogens with zero attached hydrogens (tertiary/aromatic N) is 2. The SMILES string of the molecule is C=C/C=C\c1ccccc1Cc1ccc(-c2ccc(N(c3ccc(/C4=C/C=C\C/C=C\C=C/C4C)cc3)c3cccc(C4CCC=Cc5c4c4ccc6ccccc6c4n5C4=CCCC=C4)c3)cc2)cc1. The first kappa shape index (κ1) is 45.3. The predicted molar refractivity (Wildman–Crippen MR) is 306 cm³/mol. The summed E-state index contributed by atoms with van der Waals surface area (Å²) in [6, 6.07) is 59.0. The summed E-state index contributed by atoms with van der Waals surface area (Å²) < 4.78 is 2.56. The fourth-order valence-corrected chi connectivity index (χ4v) is 10.9. The van der Waals surface area contributed by atoms with Gasteiger partial charge in [0.05, 0.1) is 11.2 Å². The van der Waals surface area contributed by atoms with Crippen LogP contribution in [0.2, 0.25) is 0 Å². The van der Waals surface area contributed by atoms with Gasteiger partial charge in [0, 0.05) is 39.4 Å². The van der Waals surface area contributed by atoms with Crippen LogP contribution in [0.15, 0.2) is 243 Å². The molecule has 11 rings (SSSR count). The van der Waals surface area contributed by atoms with Gasteiger partial charge in [0.2, 0.25) is 0 Å². The van der Waals surface area contributed by atoms with Gasteiger partial charge in [0.15, 0.2) is 0 Å². The quantitative estimate of drug-likeness (QED) is 0.117. The van der Waals surface area contributed by atoms with Crippen molar-refractivity contribution in [2.24, 2.45) is 5.92 Å². The number of hydrogen-bond acceptors (Lipinski definition) is 1. The van der Waals surface area contributed by atoms with E-state index in [1.165, 1.54) is 83.1 Å². The van der Waals surface area contributed by atoms with Gasteiger partial charge in [-0.15, -0.1) is 0 Å². The van der Waals surface area contributed by atoms with Gasteiger partial charge in [-0.05, 0) is 148 Å². The topological polar surface area (TPSA) is 8.17 Å². The molecule has 8 aromatic rings. The van der Waals surface area contributed by atoms with Gasteiger partial charge in [-0.3, -0.25) is 0 Å². The molecule has 0 saturated carbocycles. The molecule has 2 heteroatoms. The van der Waals surface area contributed by atoms with Gasteiger partial charge in [-0.2, -0.15) is 0 Å². The second-order valence-corrected chi connectivity index (χ2v) is 19.0. The smallest absolute Gasteiger partial charge is 0.0616 e. The van der Waals surface area contributed by atoms with Crippen LogP contribution in [0.1, 0.15) is 84.0 Å². The van der Waals surface area contributed by atoms with E-state index in [9.17, 15) is 0 Å². The Morgan fingerprint density at radius 1 is 0.634 bits per heavy atom. The molecule has 0 N–H and O–H groups in total. The van der Waals surface area contributed by atoms with E-state index in [1.807, 2.05) is 12.2 Å². The van der Waals surface area contributed by atoms with Crippen molar-refractivity contribution in [2.45, 2.75) is 51.4 Å². The fraction of sp³-hybridized carbons (Fsp3) is 0.130. The third kappa shape index (κ3) is 9.47. The molecule has 2 atom stereocenters. The highest BCUT2D eigenvalue weighted by Crippen LogP contribution is 2.46. The summed E-state index contributed by atoms with van der Waals surface area (Å²) in [5, 5.41) is 3.91. The molecule has 71 heavy (non-hydrogen) atoms. The van der Waals surface area contributed by atoms with Crippen molar-refractivity contribution in [3.63, 3.8) is 0 Å². The van der Waals surface area contributed by atoms with Crippen molar-refractivity contribution in [2.75, 3.05) is 4.90 Å². The summed E-state index contributed by atoms with van der Waals surface area (Å²) in [5.41, 5.74) is 18.8. The van der Waals surface area contributed by atoms with E-state index < -0.39 is 0 Å². The molecule has 0 amide bonds. The van der Waals surface area contributed by atoms with E-state index in [-0.39, 0.29) is 11.8 Å². The van der Waals surface area contributed by atoms with Crippen LogP contribution in [0, 0.1) is 5.92 Å². The summed E-state index contributed by atoms with van der Waals surface area (Å²) in [6.07, 6.45) is 39.4. The summed E-state index contributed by atoms with van der Waals surface area (Å²) in [7, 11) is 0. The average molecular weight is 917 g/mol. The minimum Gasteiger partial charge on any atom is -0.310 e. The molecule has 346 valence electrons. The first-order valence-corrected chi connectivity index (χ1v) is 25.5. The van der Waals surface area contributed by atoms with E-state index in [0.717, 1.165) is 55.6 Å². The lowest BCUT2D eigenvalue weighted by Crippen LogP contribution is -2.11. The summed E-state index contributed by atoms with van der Waals surface area (Å²) in [4.78, 5) is 2.44. The second-order valence-electron chi connectivity index (χ2n) is 19.0. The van der Waals surface area contributed by atoms with Crippen molar-refractivity contribution in [3.8, 4) is 11.1 Å². The van der Waals surface area contributed by atoms with E-state index >= 15 is 0 Å². The average Bonchev–Trinajstić information content (AvgIpc) is 3.59. The summed E-state index contributed by atoms with van der Waals surface area (Å²) >= 11 is 0. The Labute approximate surface area is 420 Å². The van der Waals surface area contributed by atoms with Crippen LogP contribution < -0.4 is 4.90 Å². The Kier molecular flexibility index (Phi) is 13.3. The van der Waals surface area contributed by atoms with Crippen LogP contribution in [-0.2, 0) is 6.42 Å². The van der Waals surface area contributed by atoms with Crippen LogP contribution in [-0.4, -0.2) is 4.57 Å². The van der Waals surface area contributed by atoms with Gasteiger partial charge < -0.3 is 9.47 Å². The van der Waals surface area contributed by atoms with Gasteiger partial charge in [-0.25, -0.2) is 0 Å². The molecule has 3 aliphatic rings. The Morgan fingerprint density at radius 3 is 2.18 bits per heavy atom. The zero-order chi connectivity index (χ0) is 47.9. The number of benzene rings is 7. The van der Waals surface area contributed by atoms with Crippen LogP contribution in [0.25, 0.3) is 56.2 Å². The maximum Gasteiger partial charge on any atom is 0.0616 e. The van der Waals surface area contributed by atoms with E-state index in [4.69, 9.17) is 0 Å². The van der Waals surface area contributed by atoms with E-state index in [1.54, 1.807) is 0 Å². The largest absolute Gasteiger partial charge is 0.310 e. The number of allylic oxidation sites excluding steroid dienone is 15. The number of hydrogen-bond donors (Lipinski definition) is 0. The van der Waals surface area contributed by atoms with E-state index in [0.29, 0.717) is 0 Å². The molecule has 2 nitrogen and oxygen atoms in total. The van der Waals surface area contributed by atoms with Gasteiger partial charge in [0.25, 0.3) is 0 Å². The highest BCUT2D eigenvalue weighted by molar-refractivity contribution is 6.10. The van der Waals surface area contributed by atoms with Crippen molar-refractivity contribution in [1.82, 2.24) is 4.57 Å². The Hall–Kier alpha value is -8.20.